The van der Waals surface area contributed by atoms with Gasteiger partial charge in [0.2, 0.25) is 0 Å². The van der Waals surface area contributed by atoms with Gasteiger partial charge in [-0.05, 0) is 44.4 Å². The molecule has 18 heavy (non-hydrogen) atoms. The van der Waals surface area contributed by atoms with E-state index in [-0.39, 0.29) is 5.54 Å². The summed E-state index contributed by atoms with van der Waals surface area (Å²) in [5.74, 6) is 0.771. The van der Waals surface area contributed by atoms with Crippen LogP contribution in [0.25, 0.3) is 0 Å². The van der Waals surface area contributed by atoms with E-state index in [1.54, 1.807) is 27.0 Å². The zero-order valence-corrected chi connectivity index (χ0v) is 11.4. The summed E-state index contributed by atoms with van der Waals surface area (Å²) in [6.45, 7) is 3.13. The van der Waals surface area contributed by atoms with Crippen molar-refractivity contribution in [2.45, 2.75) is 50.7 Å². The molecule has 2 rings (SSSR count). The van der Waals surface area contributed by atoms with Crippen LogP contribution in [0.4, 0.5) is 4.39 Å². The lowest BCUT2D eigenvalue weighted by Gasteiger charge is -2.28. The number of halogens is 1. The Morgan fingerprint density at radius 1 is 1.28 bits per heavy atom. The summed E-state index contributed by atoms with van der Waals surface area (Å²) >= 11 is 0. The second-order valence-corrected chi connectivity index (χ2v) is 5.75. The molecule has 0 aromatic heterocycles. The molecule has 1 aromatic carbocycles. The van der Waals surface area contributed by atoms with Crippen LogP contribution in [0.15, 0.2) is 18.2 Å². The Balaban J connectivity index is 2.49. The minimum absolute atomic E-state index is 0.355. The molecule has 2 nitrogen and oxygen atoms in total. The van der Waals surface area contributed by atoms with Crippen molar-refractivity contribution >= 4 is 0 Å². The monoisotopic (exact) mass is 251 g/mol. The molecule has 0 radical (unpaired) electrons. The van der Waals surface area contributed by atoms with E-state index in [1.807, 2.05) is 12.1 Å². The van der Waals surface area contributed by atoms with Crippen LogP contribution in [-0.4, -0.2) is 7.11 Å². The van der Waals surface area contributed by atoms with E-state index >= 15 is 0 Å². The second-order valence-electron chi connectivity index (χ2n) is 5.75. The van der Waals surface area contributed by atoms with Crippen LogP contribution in [-0.2, 0) is 11.2 Å². The van der Waals surface area contributed by atoms with Crippen molar-refractivity contribution in [3.8, 4) is 5.75 Å². The van der Waals surface area contributed by atoms with Crippen LogP contribution >= 0.6 is 0 Å². The van der Waals surface area contributed by atoms with Gasteiger partial charge in [0.1, 0.15) is 11.4 Å². The van der Waals surface area contributed by atoms with Crippen LogP contribution in [0.2, 0.25) is 0 Å². The van der Waals surface area contributed by atoms with Crippen molar-refractivity contribution < 1.29 is 9.13 Å². The maximum Gasteiger partial charge on any atom is 0.130 e. The number of benzene rings is 1. The molecule has 0 amide bonds. The largest absolute Gasteiger partial charge is 0.496 e. The van der Waals surface area contributed by atoms with Gasteiger partial charge in [-0.2, -0.15) is 0 Å². The average molecular weight is 251 g/mol. The first-order valence-corrected chi connectivity index (χ1v) is 6.54. The minimum Gasteiger partial charge on any atom is -0.496 e. The van der Waals surface area contributed by atoms with Gasteiger partial charge >= 0.3 is 0 Å². The minimum atomic E-state index is -1.35. The fraction of sp³-hybridized carbons (Fsp3) is 0.600. The highest BCUT2D eigenvalue weighted by molar-refractivity contribution is 5.44. The average Bonchev–Trinajstić information content (AvgIpc) is 2.75. The van der Waals surface area contributed by atoms with E-state index in [2.05, 4.69) is 0 Å². The fourth-order valence-electron chi connectivity index (χ4n) is 2.74. The van der Waals surface area contributed by atoms with E-state index in [0.29, 0.717) is 5.56 Å². The summed E-state index contributed by atoms with van der Waals surface area (Å²) in [5.41, 5.74) is 6.37. The molecule has 2 N–H and O–H groups in total. The first kappa shape index (κ1) is 13.3. The van der Waals surface area contributed by atoms with Gasteiger partial charge in [-0.3, -0.25) is 0 Å². The Morgan fingerprint density at radius 3 is 2.39 bits per heavy atom. The first-order valence-electron chi connectivity index (χ1n) is 6.54. The summed E-state index contributed by atoms with van der Waals surface area (Å²) in [6, 6.07) is 5.49. The number of nitrogens with two attached hydrogens (primary N) is 1. The van der Waals surface area contributed by atoms with Crippen molar-refractivity contribution in [2.24, 2.45) is 5.73 Å². The molecule has 3 heteroatoms. The maximum absolute atomic E-state index is 14.1. The Bertz CT molecular complexity index is 431. The highest BCUT2D eigenvalue weighted by atomic mass is 19.1. The van der Waals surface area contributed by atoms with Crippen molar-refractivity contribution in [3.63, 3.8) is 0 Å². The molecular formula is C15H22FNO. The van der Waals surface area contributed by atoms with Crippen molar-refractivity contribution in [2.75, 3.05) is 7.11 Å². The smallest absolute Gasteiger partial charge is 0.130 e. The number of hydrogen-bond donors (Lipinski definition) is 1. The molecule has 1 saturated carbocycles. The van der Waals surface area contributed by atoms with Crippen molar-refractivity contribution in [1.29, 1.82) is 0 Å². The molecule has 1 aliphatic carbocycles. The van der Waals surface area contributed by atoms with Crippen LogP contribution in [0.3, 0.4) is 0 Å². The third-order valence-corrected chi connectivity index (χ3v) is 3.92. The summed E-state index contributed by atoms with van der Waals surface area (Å²) < 4.78 is 19.5. The van der Waals surface area contributed by atoms with Gasteiger partial charge in [0.15, 0.2) is 0 Å². The number of alkyl halides is 1. The number of hydrogen-bond acceptors (Lipinski definition) is 2. The van der Waals surface area contributed by atoms with Gasteiger partial charge in [0.05, 0.1) is 7.11 Å². The predicted octanol–water partition coefficient (Wildman–Crippen LogP) is 3.63. The summed E-state index contributed by atoms with van der Waals surface area (Å²) in [7, 11) is 1.64. The maximum atomic E-state index is 14.1. The molecule has 0 spiro atoms. The van der Waals surface area contributed by atoms with Gasteiger partial charge in [0.25, 0.3) is 0 Å². The van der Waals surface area contributed by atoms with Crippen LogP contribution in [0, 0.1) is 0 Å². The van der Waals surface area contributed by atoms with Crippen LogP contribution in [0.1, 0.15) is 50.7 Å². The first-order chi connectivity index (χ1) is 8.37. The van der Waals surface area contributed by atoms with E-state index in [9.17, 15) is 4.39 Å². The van der Waals surface area contributed by atoms with E-state index in [1.165, 1.54) is 0 Å². The lowest BCUT2D eigenvalue weighted by Crippen LogP contribution is -2.34. The van der Waals surface area contributed by atoms with Gasteiger partial charge in [-0.15, -0.1) is 0 Å². The molecule has 0 atom stereocenters. The molecule has 0 heterocycles. The molecule has 1 aliphatic rings. The van der Waals surface area contributed by atoms with Crippen molar-refractivity contribution in [3.05, 3.63) is 29.3 Å². The topological polar surface area (TPSA) is 35.2 Å². The molecule has 1 fully saturated rings. The number of ether oxygens (including phenoxy) is 1. The highest BCUT2D eigenvalue weighted by Crippen LogP contribution is 2.42. The second kappa shape index (κ2) is 4.54. The van der Waals surface area contributed by atoms with E-state index < -0.39 is 5.67 Å². The summed E-state index contributed by atoms with van der Waals surface area (Å²) in [5, 5.41) is 0. The lowest BCUT2D eigenvalue weighted by atomic mass is 9.85. The SMILES string of the molecule is COc1ccc(C(C)(C)F)cc1C1(N)CCCC1. The zero-order chi connectivity index (χ0) is 13.4. The summed E-state index contributed by atoms with van der Waals surface area (Å²) in [6.07, 6.45) is 4.14. The quantitative estimate of drug-likeness (QED) is 0.890. The van der Waals surface area contributed by atoms with Crippen LogP contribution in [0.5, 0.6) is 5.75 Å². The standard InChI is InChI=1S/C15H22FNO/c1-14(2,16)11-6-7-13(18-3)12(10-11)15(17)8-4-5-9-15/h6-7,10H,4-5,8-9,17H2,1-3H3. The summed E-state index contributed by atoms with van der Waals surface area (Å²) in [4.78, 5) is 0. The molecule has 0 aliphatic heterocycles. The number of methoxy groups -OCH3 is 1. The Kier molecular flexibility index (Phi) is 3.37. The fourth-order valence-corrected chi connectivity index (χ4v) is 2.74. The van der Waals surface area contributed by atoms with Crippen LogP contribution < -0.4 is 10.5 Å². The third kappa shape index (κ3) is 2.37. The molecule has 0 unspecified atom stereocenters. The van der Waals surface area contributed by atoms with Crippen molar-refractivity contribution in [1.82, 2.24) is 0 Å². The zero-order valence-electron chi connectivity index (χ0n) is 11.4. The molecule has 1 aromatic rings. The Labute approximate surface area is 108 Å². The van der Waals surface area contributed by atoms with E-state index in [0.717, 1.165) is 37.0 Å². The highest BCUT2D eigenvalue weighted by Gasteiger charge is 2.35. The predicted molar refractivity (Wildman–Crippen MR) is 71.5 cm³/mol. The van der Waals surface area contributed by atoms with Gasteiger partial charge in [-0.1, -0.05) is 18.9 Å². The Morgan fingerprint density at radius 2 is 1.89 bits per heavy atom. The molecular weight excluding hydrogens is 229 g/mol. The lowest BCUT2D eigenvalue weighted by molar-refractivity contribution is 0.220. The molecule has 0 bridgehead atoms. The van der Waals surface area contributed by atoms with Gasteiger partial charge in [-0.25, -0.2) is 4.39 Å². The molecule has 100 valence electrons. The van der Waals surface area contributed by atoms with Gasteiger partial charge < -0.3 is 10.5 Å². The van der Waals surface area contributed by atoms with Gasteiger partial charge in [0, 0.05) is 11.1 Å². The normalized spacial score (nSPS) is 18.9. The number of rotatable bonds is 3. The third-order valence-electron chi connectivity index (χ3n) is 3.92. The van der Waals surface area contributed by atoms with E-state index in [4.69, 9.17) is 10.5 Å². The molecule has 0 saturated heterocycles. The Hall–Kier alpha value is -1.09.